The van der Waals surface area contributed by atoms with Gasteiger partial charge in [-0.3, -0.25) is 0 Å². The predicted octanol–water partition coefficient (Wildman–Crippen LogP) is 6.17. The third kappa shape index (κ3) is 8.24. The Labute approximate surface area is 231 Å². The van der Waals surface area contributed by atoms with Crippen LogP contribution in [0.2, 0.25) is 5.04 Å². The standard InChI is InChI=1S/C32H46O5Si/c1-8-11-24-30(35-25-34-7)31(33)36-28(18-9-2)29(19-10-3)37-38(32(4,5)6,26-20-14-12-15-21-26)27-22-16-13-17-23-27/h8,10,12-17,20-23,28-30H,1,3,9,11,18-19,24-25H2,2,4-7H3/t28-,29+,30-/m1/s1. The Bertz CT molecular complexity index is 931. The van der Waals surface area contributed by atoms with Gasteiger partial charge in [0.05, 0.1) is 6.10 Å². The summed E-state index contributed by atoms with van der Waals surface area (Å²) in [6, 6.07) is 21.0. The molecule has 0 aromatic heterocycles. The molecule has 0 unspecified atom stereocenters. The van der Waals surface area contributed by atoms with E-state index >= 15 is 0 Å². The quantitative estimate of drug-likeness (QED) is 0.104. The maximum absolute atomic E-state index is 13.3. The molecule has 0 spiro atoms. The van der Waals surface area contributed by atoms with Gasteiger partial charge in [0, 0.05) is 7.11 Å². The molecule has 3 atom stereocenters. The van der Waals surface area contributed by atoms with E-state index in [9.17, 15) is 4.79 Å². The third-order valence-corrected chi connectivity index (χ3v) is 11.7. The highest BCUT2D eigenvalue weighted by molar-refractivity contribution is 6.99. The lowest BCUT2D eigenvalue weighted by Crippen LogP contribution is -2.68. The minimum absolute atomic E-state index is 0.0179. The van der Waals surface area contributed by atoms with E-state index in [1.54, 1.807) is 6.08 Å². The highest BCUT2D eigenvalue weighted by Gasteiger charge is 2.52. The van der Waals surface area contributed by atoms with Crippen LogP contribution < -0.4 is 10.4 Å². The van der Waals surface area contributed by atoms with Gasteiger partial charge in [-0.25, -0.2) is 4.79 Å². The average molecular weight is 539 g/mol. The van der Waals surface area contributed by atoms with E-state index in [2.05, 4.69) is 89.4 Å². The van der Waals surface area contributed by atoms with Gasteiger partial charge in [-0.05, 0) is 41.1 Å². The molecule has 0 N–H and O–H groups in total. The SMILES string of the molecule is C=CCC[C@@H](OCOC)C(=O)O[C@H](CCC)[C@H](CC=C)O[Si](c1ccccc1)(c1ccccc1)C(C)(C)C. The Balaban J connectivity index is 2.55. The van der Waals surface area contributed by atoms with Crippen molar-refractivity contribution in [3.8, 4) is 0 Å². The molecule has 0 aliphatic heterocycles. The molecule has 38 heavy (non-hydrogen) atoms. The first-order valence-corrected chi connectivity index (χ1v) is 15.5. The summed E-state index contributed by atoms with van der Waals surface area (Å²) in [6.07, 6.45) is 5.25. The summed E-state index contributed by atoms with van der Waals surface area (Å²) in [6.45, 7) is 16.6. The van der Waals surface area contributed by atoms with Crippen LogP contribution in [0, 0.1) is 0 Å². The highest BCUT2D eigenvalue weighted by atomic mass is 28.4. The Morgan fingerprint density at radius 3 is 1.95 bits per heavy atom. The molecule has 0 aliphatic carbocycles. The van der Waals surface area contributed by atoms with Gasteiger partial charge in [0.25, 0.3) is 8.32 Å². The zero-order valence-corrected chi connectivity index (χ0v) is 24.9. The second kappa shape index (κ2) is 15.8. The van der Waals surface area contributed by atoms with E-state index in [-0.39, 0.29) is 17.9 Å². The molecule has 2 aromatic rings. The van der Waals surface area contributed by atoms with Crippen LogP contribution in [0.1, 0.15) is 59.8 Å². The van der Waals surface area contributed by atoms with Crippen LogP contribution in [-0.2, 0) is 23.4 Å². The molecule has 208 valence electrons. The summed E-state index contributed by atoms with van der Waals surface area (Å²) in [5.41, 5.74) is 0. The Morgan fingerprint density at radius 1 is 0.921 bits per heavy atom. The summed E-state index contributed by atoms with van der Waals surface area (Å²) in [5.74, 6) is -0.401. The molecule has 6 heteroatoms. The summed E-state index contributed by atoms with van der Waals surface area (Å²) >= 11 is 0. The van der Waals surface area contributed by atoms with Crippen molar-refractivity contribution in [3.05, 3.63) is 86.0 Å². The van der Waals surface area contributed by atoms with Crippen LogP contribution >= 0.6 is 0 Å². The van der Waals surface area contributed by atoms with Crippen LogP contribution in [0.15, 0.2) is 86.0 Å². The topological polar surface area (TPSA) is 54.0 Å². The van der Waals surface area contributed by atoms with E-state index < -0.39 is 26.5 Å². The number of hydrogen-bond acceptors (Lipinski definition) is 5. The molecular weight excluding hydrogens is 492 g/mol. The molecule has 2 aromatic carbocycles. The lowest BCUT2D eigenvalue weighted by Gasteiger charge is -2.46. The Kier molecular flexibility index (Phi) is 13.2. The van der Waals surface area contributed by atoms with Crippen molar-refractivity contribution in [2.45, 2.75) is 83.1 Å². The maximum atomic E-state index is 13.3. The number of ether oxygens (including phenoxy) is 3. The van der Waals surface area contributed by atoms with Crippen molar-refractivity contribution in [2.24, 2.45) is 0 Å². The number of allylic oxidation sites excluding steroid dienone is 1. The van der Waals surface area contributed by atoms with Crippen molar-refractivity contribution in [1.82, 2.24) is 0 Å². The molecule has 0 bridgehead atoms. The highest BCUT2D eigenvalue weighted by Crippen LogP contribution is 2.38. The van der Waals surface area contributed by atoms with E-state index in [0.717, 1.165) is 6.42 Å². The third-order valence-electron chi connectivity index (χ3n) is 6.68. The van der Waals surface area contributed by atoms with E-state index in [1.165, 1.54) is 17.5 Å². The van der Waals surface area contributed by atoms with Gasteiger partial charge in [0.15, 0.2) is 6.10 Å². The van der Waals surface area contributed by atoms with Crippen LogP contribution in [-0.4, -0.2) is 46.5 Å². The smallest absolute Gasteiger partial charge is 0.335 e. The molecule has 2 rings (SSSR count). The number of carbonyl (C=O) groups is 1. The molecule has 0 amide bonds. The first kappa shape index (κ1) is 31.7. The van der Waals surface area contributed by atoms with Crippen LogP contribution in [0.4, 0.5) is 0 Å². The number of esters is 1. The average Bonchev–Trinajstić information content (AvgIpc) is 2.91. The molecule has 0 radical (unpaired) electrons. The minimum atomic E-state index is -2.87. The zero-order chi connectivity index (χ0) is 28.0. The van der Waals surface area contributed by atoms with Gasteiger partial charge in [-0.2, -0.15) is 0 Å². The van der Waals surface area contributed by atoms with Gasteiger partial charge < -0.3 is 18.6 Å². The molecule has 0 saturated heterocycles. The summed E-state index contributed by atoms with van der Waals surface area (Å²) in [5, 5.41) is 2.16. The maximum Gasteiger partial charge on any atom is 0.335 e. The second-order valence-electron chi connectivity index (χ2n) is 10.5. The number of rotatable bonds is 17. The molecule has 0 saturated carbocycles. The molecule has 0 aliphatic rings. The summed E-state index contributed by atoms with van der Waals surface area (Å²) in [4.78, 5) is 13.3. The van der Waals surface area contributed by atoms with Crippen molar-refractivity contribution in [3.63, 3.8) is 0 Å². The summed E-state index contributed by atoms with van der Waals surface area (Å²) in [7, 11) is -1.33. The van der Waals surface area contributed by atoms with E-state index in [1.807, 2.05) is 18.2 Å². The molecule has 0 fully saturated rings. The van der Waals surface area contributed by atoms with Gasteiger partial charge in [0.2, 0.25) is 0 Å². The lowest BCUT2D eigenvalue weighted by atomic mass is 10.1. The summed E-state index contributed by atoms with van der Waals surface area (Å²) < 4.78 is 24.3. The Hall–Kier alpha value is -2.51. The molecule has 0 heterocycles. The van der Waals surface area contributed by atoms with Crippen molar-refractivity contribution < 1.29 is 23.4 Å². The van der Waals surface area contributed by atoms with Crippen LogP contribution in [0.25, 0.3) is 0 Å². The minimum Gasteiger partial charge on any atom is -0.458 e. The normalized spacial score (nSPS) is 14.3. The van der Waals surface area contributed by atoms with Gasteiger partial charge in [-0.15, -0.1) is 13.2 Å². The van der Waals surface area contributed by atoms with Crippen LogP contribution in [0.3, 0.4) is 0 Å². The fourth-order valence-electron chi connectivity index (χ4n) is 4.88. The number of hydrogen-bond donors (Lipinski definition) is 0. The van der Waals surface area contributed by atoms with Crippen molar-refractivity contribution in [1.29, 1.82) is 0 Å². The zero-order valence-electron chi connectivity index (χ0n) is 23.9. The molecule has 5 nitrogen and oxygen atoms in total. The first-order chi connectivity index (χ1) is 18.2. The monoisotopic (exact) mass is 538 g/mol. The number of methoxy groups -OCH3 is 1. The number of carbonyl (C=O) groups excluding carboxylic acids is 1. The van der Waals surface area contributed by atoms with Gasteiger partial charge in [0.1, 0.15) is 12.9 Å². The Morgan fingerprint density at radius 2 is 1.50 bits per heavy atom. The fourth-order valence-corrected chi connectivity index (χ4v) is 9.59. The van der Waals surface area contributed by atoms with Crippen molar-refractivity contribution >= 4 is 24.7 Å². The van der Waals surface area contributed by atoms with E-state index in [0.29, 0.717) is 25.7 Å². The van der Waals surface area contributed by atoms with Gasteiger partial charge >= 0.3 is 5.97 Å². The largest absolute Gasteiger partial charge is 0.458 e. The van der Waals surface area contributed by atoms with Gasteiger partial charge in [-0.1, -0.05) is 107 Å². The first-order valence-electron chi connectivity index (χ1n) is 13.6. The van der Waals surface area contributed by atoms with Crippen molar-refractivity contribution in [2.75, 3.05) is 13.9 Å². The van der Waals surface area contributed by atoms with Crippen LogP contribution in [0.5, 0.6) is 0 Å². The van der Waals surface area contributed by atoms with E-state index in [4.69, 9.17) is 18.6 Å². The molecular formula is C32H46O5Si. The predicted molar refractivity (Wildman–Crippen MR) is 158 cm³/mol. The second-order valence-corrected chi connectivity index (χ2v) is 14.8. The lowest BCUT2D eigenvalue weighted by molar-refractivity contribution is -0.176. The number of benzene rings is 2. The fraction of sp³-hybridized carbons (Fsp3) is 0.469.